The lowest BCUT2D eigenvalue weighted by Gasteiger charge is -2.17. The van der Waals surface area contributed by atoms with Gasteiger partial charge in [0.15, 0.2) is 0 Å². The minimum atomic E-state index is 0.182. The zero-order chi connectivity index (χ0) is 18.6. The molecule has 0 heterocycles. The van der Waals surface area contributed by atoms with Crippen molar-refractivity contribution in [1.82, 2.24) is 0 Å². The Morgan fingerprint density at radius 1 is 0.519 bits per heavy atom. The summed E-state index contributed by atoms with van der Waals surface area (Å²) in [6.07, 6.45) is 0. The van der Waals surface area contributed by atoms with Gasteiger partial charge in [-0.05, 0) is 47.5 Å². The van der Waals surface area contributed by atoms with E-state index in [2.05, 4.69) is 0 Å². The van der Waals surface area contributed by atoms with Gasteiger partial charge in [-0.25, -0.2) is 0 Å². The first-order chi connectivity index (χ1) is 13.2. The molecular weight excluding hydrogens is 336 g/mol. The highest BCUT2D eigenvalue weighted by Gasteiger charge is 2.18. The number of phenols is 2. The molecule has 0 aliphatic rings. The highest BCUT2D eigenvalue weighted by molar-refractivity contribution is 5.91. The van der Waals surface area contributed by atoms with Crippen LogP contribution in [0, 0.1) is 0 Å². The van der Waals surface area contributed by atoms with Gasteiger partial charge in [-0.1, -0.05) is 60.7 Å². The highest BCUT2D eigenvalue weighted by atomic mass is 16.5. The van der Waals surface area contributed by atoms with Crippen molar-refractivity contribution in [1.29, 1.82) is 0 Å². The molecule has 4 aromatic carbocycles. The van der Waals surface area contributed by atoms with E-state index in [-0.39, 0.29) is 11.5 Å². The van der Waals surface area contributed by atoms with Crippen molar-refractivity contribution in [3.05, 3.63) is 97.1 Å². The average Bonchev–Trinajstić information content (AvgIpc) is 2.72. The first-order valence-electron chi connectivity index (χ1n) is 8.66. The number of hydrogen-bond donors (Lipinski definition) is 2. The van der Waals surface area contributed by atoms with E-state index in [1.807, 2.05) is 60.7 Å². The molecule has 0 spiro atoms. The van der Waals surface area contributed by atoms with Gasteiger partial charge in [0.05, 0.1) is 0 Å². The lowest BCUT2D eigenvalue weighted by Crippen LogP contribution is -1.92. The van der Waals surface area contributed by atoms with Crippen LogP contribution in [0.5, 0.6) is 23.0 Å². The van der Waals surface area contributed by atoms with Crippen molar-refractivity contribution in [3.8, 4) is 45.3 Å². The minimum Gasteiger partial charge on any atom is -0.508 e. The Morgan fingerprint density at radius 2 is 1.07 bits per heavy atom. The first kappa shape index (κ1) is 16.7. The number of benzene rings is 4. The molecule has 0 fully saturated rings. The lowest BCUT2D eigenvalue weighted by molar-refractivity contribution is 0.461. The van der Waals surface area contributed by atoms with Crippen molar-refractivity contribution in [2.24, 2.45) is 0 Å². The molecule has 0 atom stereocenters. The average molecular weight is 354 g/mol. The summed E-state index contributed by atoms with van der Waals surface area (Å²) in [5, 5.41) is 20.1. The van der Waals surface area contributed by atoms with Crippen molar-refractivity contribution in [2.75, 3.05) is 0 Å². The summed E-state index contributed by atoms with van der Waals surface area (Å²) in [5.41, 5.74) is 3.39. The summed E-state index contributed by atoms with van der Waals surface area (Å²) >= 11 is 0. The molecule has 3 heteroatoms. The number of ether oxygens (including phenoxy) is 1. The molecule has 0 aliphatic carbocycles. The summed E-state index contributed by atoms with van der Waals surface area (Å²) in [6.45, 7) is 0. The molecule has 0 saturated carbocycles. The van der Waals surface area contributed by atoms with Crippen LogP contribution in [0.1, 0.15) is 0 Å². The van der Waals surface area contributed by atoms with Crippen LogP contribution < -0.4 is 4.74 Å². The van der Waals surface area contributed by atoms with Crippen LogP contribution in [0.2, 0.25) is 0 Å². The normalized spacial score (nSPS) is 10.5. The fourth-order valence-corrected chi connectivity index (χ4v) is 3.09. The molecule has 2 N–H and O–H groups in total. The molecular formula is C24H18O3. The molecule has 0 unspecified atom stereocenters. The van der Waals surface area contributed by atoms with Crippen LogP contribution >= 0.6 is 0 Å². The molecule has 0 bridgehead atoms. The van der Waals surface area contributed by atoms with Crippen LogP contribution in [0.3, 0.4) is 0 Å². The van der Waals surface area contributed by atoms with Crippen LogP contribution in [0.4, 0.5) is 0 Å². The molecule has 0 aromatic heterocycles. The zero-order valence-corrected chi connectivity index (χ0v) is 14.5. The largest absolute Gasteiger partial charge is 0.508 e. The van der Waals surface area contributed by atoms with Gasteiger partial charge in [-0.15, -0.1) is 0 Å². The third-order valence-corrected chi connectivity index (χ3v) is 4.33. The predicted molar refractivity (Wildman–Crippen MR) is 107 cm³/mol. The van der Waals surface area contributed by atoms with E-state index >= 15 is 0 Å². The maximum atomic E-state index is 10.6. The highest BCUT2D eigenvalue weighted by Crippen LogP contribution is 2.45. The minimum absolute atomic E-state index is 0.182. The van der Waals surface area contributed by atoms with Gasteiger partial charge in [0.25, 0.3) is 0 Å². The Bertz CT molecular complexity index is 1040. The summed E-state index contributed by atoms with van der Waals surface area (Å²) in [6, 6.07) is 29.6. The molecule has 3 nitrogen and oxygen atoms in total. The number of rotatable bonds is 4. The van der Waals surface area contributed by atoms with Crippen LogP contribution in [-0.2, 0) is 0 Å². The Balaban J connectivity index is 1.92. The Hall–Kier alpha value is -3.72. The fraction of sp³-hybridized carbons (Fsp3) is 0. The molecule has 4 rings (SSSR count). The van der Waals surface area contributed by atoms with Gasteiger partial charge in [0.2, 0.25) is 0 Å². The van der Waals surface area contributed by atoms with E-state index in [1.165, 1.54) is 0 Å². The van der Waals surface area contributed by atoms with Crippen LogP contribution in [-0.4, -0.2) is 10.2 Å². The van der Waals surface area contributed by atoms with E-state index in [4.69, 9.17) is 4.74 Å². The molecule has 0 aliphatic heterocycles. The second kappa shape index (κ2) is 7.26. The number of hydrogen-bond acceptors (Lipinski definition) is 3. The van der Waals surface area contributed by atoms with E-state index < -0.39 is 0 Å². The number of aromatic hydroxyl groups is 2. The van der Waals surface area contributed by atoms with Crippen molar-refractivity contribution in [3.63, 3.8) is 0 Å². The molecule has 27 heavy (non-hydrogen) atoms. The summed E-state index contributed by atoms with van der Waals surface area (Å²) in [4.78, 5) is 0. The van der Waals surface area contributed by atoms with Gasteiger partial charge in [0.1, 0.15) is 23.0 Å². The second-order valence-electron chi connectivity index (χ2n) is 6.16. The van der Waals surface area contributed by atoms with E-state index in [1.54, 1.807) is 36.4 Å². The lowest BCUT2D eigenvalue weighted by atomic mass is 9.93. The fourth-order valence-electron chi connectivity index (χ4n) is 3.09. The van der Waals surface area contributed by atoms with Crippen LogP contribution in [0.15, 0.2) is 97.1 Å². The maximum absolute atomic E-state index is 10.6. The van der Waals surface area contributed by atoms with E-state index in [9.17, 15) is 10.2 Å². The van der Waals surface area contributed by atoms with Gasteiger partial charge >= 0.3 is 0 Å². The monoisotopic (exact) mass is 354 g/mol. The predicted octanol–water partition coefficient (Wildman–Crippen LogP) is 6.22. The van der Waals surface area contributed by atoms with Crippen LogP contribution in [0.25, 0.3) is 22.3 Å². The van der Waals surface area contributed by atoms with Crippen molar-refractivity contribution in [2.45, 2.75) is 0 Å². The summed E-state index contributed by atoms with van der Waals surface area (Å²) < 4.78 is 6.11. The Kier molecular flexibility index (Phi) is 4.50. The molecule has 132 valence electrons. The van der Waals surface area contributed by atoms with E-state index in [0.717, 1.165) is 22.3 Å². The van der Waals surface area contributed by atoms with Crippen molar-refractivity contribution < 1.29 is 14.9 Å². The van der Waals surface area contributed by atoms with Gasteiger partial charge in [-0.3, -0.25) is 0 Å². The van der Waals surface area contributed by atoms with Gasteiger partial charge in [0, 0.05) is 11.1 Å². The van der Waals surface area contributed by atoms with Gasteiger partial charge in [-0.2, -0.15) is 0 Å². The smallest absolute Gasteiger partial charge is 0.136 e. The SMILES string of the molecule is Oc1ccc(Oc2ccc(O)c(-c3ccccc3)c2-c2ccccc2)cc1. The molecule has 0 amide bonds. The first-order valence-corrected chi connectivity index (χ1v) is 8.66. The standard InChI is InChI=1S/C24H18O3/c25-19-11-13-20(14-12-19)27-22-16-15-21(26)23(17-7-3-1-4-8-17)24(22)18-9-5-2-6-10-18/h1-16,25-26H. The maximum Gasteiger partial charge on any atom is 0.136 e. The summed E-state index contributed by atoms with van der Waals surface area (Å²) in [5.74, 6) is 1.61. The van der Waals surface area contributed by atoms with Gasteiger partial charge < -0.3 is 14.9 Å². The third kappa shape index (κ3) is 3.48. The Morgan fingerprint density at radius 3 is 1.67 bits per heavy atom. The Labute approximate surface area is 157 Å². The molecule has 0 saturated heterocycles. The van der Waals surface area contributed by atoms with Crippen molar-refractivity contribution >= 4 is 0 Å². The molecule has 4 aromatic rings. The second-order valence-corrected chi connectivity index (χ2v) is 6.16. The molecule has 0 radical (unpaired) electrons. The topological polar surface area (TPSA) is 49.7 Å². The third-order valence-electron chi connectivity index (χ3n) is 4.33. The summed E-state index contributed by atoms with van der Waals surface area (Å²) in [7, 11) is 0. The number of phenolic OH excluding ortho intramolecular Hbond substituents is 2. The van der Waals surface area contributed by atoms with E-state index in [0.29, 0.717) is 11.5 Å². The zero-order valence-electron chi connectivity index (χ0n) is 14.5. The quantitative estimate of drug-likeness (QED) is 0.457.